The van der Waals surface area contributed by atoms with Crippen molar-refractivity contribution in [3.63, 3.8) is 0 Å². The highest BCUT2D eigenvalue weighted by atomic mass is 16.5. The van der Waals surface area contributed by atoms with Gasteiger partial charge in [0.1, 0.15) is 11.9 Å². The summed E-state index contributed by atoms with van der Waals surface area (Å²) in [6, 6.07) is 11.3. The van der Waals surface area contributed by atoms with Gasteiger partial charge in [-0.05, 0) is 23.8 Å². The van der Waals surface area contributed by atoms with Crippen molar-refractivity contribution in [2.75, 3.05) is 38.8 Å². The number of hydrogen-bond donors (Lipinski definition) is 1. The number of morpholine rings is 1. The van der Waals surface area contributed by atoms with Crippen molar-refractivity contribution in [1.82, 2.24) is 10.2 Å². The number of methoxy groups -OCH3 is 2. The monoisotopic (exact) mass is 367 g/mol. The highest BCUT2D eigenvalue weighted by Gasteiger charge is 2.24. The minimum atomic E-state index is -0.0558. The Kier molecular flexibility index (Phi) is 4.68. The van der Waals surface area contributed by atoms with Crippen LogP contribution in [0.15, 0.2) is 42.6 Å². The lowest BCUT2D eigenvalue weighted by Gasteiger charge is -2.35. The van der Waals surface area contributed by atoms with Crippen molar-refractivity contribution in [3.8, 4) is 17.2 Å². The molecule has 7 nitrogen and oxygen atoms in total. The van der Waals surface area contributed by atoms with Gasteiger partial charge in [-0.15, -0.1) is 0 Å². The van der Waals surface area contributed by atoms with Crippen LogP contribution in [0.25, 0.3) is 10.9 Å². The van der Waals surface area contributed by atoms with Crippen molar-refractivity contribution in [2.24, 2.45) is 0 Å². The van der Waals surface area contributed by atoms with Crippen molar-refractivity contribution in [3.05, 3.63) is 48.2 Å². The van der Waals surface area contributed by atoms with E-state index in [9.17, 15) is 5.11 Å². The van der Waals surface area contributed by atoms with Gasteiger partial charge < -0.3 is 24.2 Å². The maximum atomic E-state index is 10.2. The van der Waals surface area contributed by atoms with Crippen molar-refractivity contribution in [2.45, 2.75) is 6.10 Å². The highest BCUT2D eigenvalue weighted by Crippen LogP contribution is 2.36. The molecule has 1 aliphatic heterocycles. The maximum absolute atomic E-state index is 10.2. The summed E-state index contributed by atoms with van der Waals surface area (Å²) >= 11 is 0. The molecule has 2 aromatic carbocycles. The number of ether oxygens (including phenoxy) is 3. The van der Waals surface area contributed by atoms with Crippen molar-refractivity contribution < 1.29 is 19.3 Å². The first-order valence-corrected chi connectivity index (χ1v) is 8.72. The molecule has 4 rings (SSSR count). The fourth-order valence-corrected chi connectivity index (χ4v) is 3.36. The summed E-state index contributed by atoms with van der Waals surface area (Å²) in [7, 11) is 3.17. The minimum Gasteiger partial charge on any atom is -0.504 e. The number of phenols is 1. The molecular formula is C20H21N3O4. The summed E-state index contributed by atoms with van der Waals surface area (Å²) < 4.78 is 16.4. The molecule has 0 radical (unpaired) electrons. The zero-order valence-electron chi connectivity index (χ0n) is 15.3. The van der Waals surface area contributed by atoms with Crippen LogP contribution in [0.5, 0.6) is 17.2 Å². The number of aromatic hydroxyl groups is 1. The molecule has 140 valence electrons. The Hall–Kier alpha value is -3.06. The molecule has 1 N–H and O–H groups in total. The van der Waals surface area contributed by atoms with Crippen LogP contribution in [0.2, 0.25) is 0 Å². The van der Waals surface area contributed by atoms with Gasteiger partial charge in [0.2, 0.25) is 0 Å². The quantitative estimate of drug-likeness (QED) is 0.760. The fraction of sp³-hybridized carbons (Fsp3) is 0.300. The largest absolute Gasteiger partial charge is 0.504 e. The third-order valence-corrected chi connectivity index (χ3v) is 4.81. The third-order valence-electron chi connectivity index (χ3n) is 4.81. The van der Waals surface area contributed by atoms with E-state index in [1.807, 2.05) is 24.3 Å². The first-order chi connectivity index (χ1) is 13.2. The van der Waals surface area contributed by atoms with E-state index < -0.39 is 0 Å². The lowest BCUT2D eigenvalue weighted by atomic mass is 10.1. The summed E-state index contributed by atoms with van der Waals surface area (Å²) in [5.74, 6) is 1.28. The predicted octanol–water partition coefficient (Wildman–Crippen LogP) is 2.93. The number of hydrogen-bond acceptors (Lipinski definition) is 7. The van der Waals surface area contributed by atoms with Crippen LogP contribution in [-0.4, -0.2) is 49.2 Å². The van der Waals surface area contributed by atoms with E-state index >= 15 is 0 Å². The van der Waals surface area contributed by atoms with E-state index in [1.54, 1.807) is 25.4 Å². The molecule has 1 unspecified atom stereocenters. The van der Waals surface area contributed by atoms with Crippen molar-refractivity contribution in [1.29, 1.82) is 0 Å². The molecule has 2 heterocycles. The Morgan fingerprint density at radius 2 is 1.96 bits per heavy atom. The molecule has 27 heavy (non-hydrogen) atoms. The number of rotatable bonds is 4. The number of benzene rings is 2. The van der Waals surface area contributed by atoms with Gasteiger partial charge in [-0.2, -0.15) is 10.2 Å². The fourth-order valence-electron chi connectivity index (χ4n) is 3.36. The Morgan fingerprint density at radius 3 is 2.70 bits per heavy atom. The zero-order chi connectivity index (χ0) is 18.8. The number of aromatic nitrogens is 2. The maximum Gasteiger partial charge on any atom is 0.162 e. The zero-order valence-corrected chi connectivity index (χ0v) is 15.3. The van der Waals surface area contributed by atoms with Crippen LogP contribution >= 0.6 is 0 Å². The second kappa shape index (κ2) is 7.28. The standard InChI is InChI=1S/C20H21N3O4/c1-25-14-5-3-13(4-6-14)20-12-23(7-8-27-20)17-11-21-22-16-10-19(26-2)18(24)9-15(16)17/h3-6,9-11,20,24H,7-8,12H2,1-2H3. The first-order valence-electron chi connectivity index (χ1n) is 8.72. The molecule has 3 aromatic rings. The van der Waals surface area contributed by atoms with E-state index in [-0.39, 0.29) is 11.9 Å². The predicted molar refractivity (Wildman–Crippen MR) is 102 cm³/mol. The molecule has 0 spiro atoms. The molecule has 1 aliphatic rings. The smallest absolute Gasteiger partial charge is 0.162 e. The molecular weight excluding hydrogens is 346 g/mol. The SMILES string of the molecule is COc1ccc(C2CN(c3cnnc4cc(OC)c(O)cc34)CCO2)cc1. The van der Waals surface area contributed by atoms with Crippen LogP contribution in [0.1, 0.15) is 11.7 Å². The summed E-state index contributed by atoms with van der Waals surface area (Å²) in [4.78, 5) is 2.21. The molecule has 7 heteroatoms. The molecule has 1 saturated heterocycles. The molecule has 1 aromatic heterocycles. The number of anilines is 1. The van der Waals surface area contributed by atoms with Crippen LogP contribution in [-0.2, 0) is 4.74 Å². The van der Waals surface area contributed by atoms with E-state index in [0.29, 0.717) is 24.4 Å². The van der Waals surface area contributed by atoms with Gasteiger partial charge in [0.25, 0.3) is 0 Å². The van der Waals surface area contributed by atoms with Crippen molar-refractivity contribution >= 4 is 16.6 Å². The third kappa shape index (κ3) is 3.33. The van der Waals surface area contributed by atoms with E-state index in [2.05, 4.69) is 15.1 Å². The Balaban J connectivity index is 1.65. The lowest BCUT2D eigenvalue weighted by molar-refractivity contribution is 0.0398. The summed E-state index contributed by atoms with van der Waals surface area (Å²) in [5.41, 5.74) is 2.69. The molecule has 0 saturated carbocycles. The average molecular weight is 367 g/mol. The molecule has 0 amide bonds. The van der Waals surface area contributed by atoms with Crippen LogP contribution in [0, 0.1) is 0 Å². The normalized spacial score (nSPS) is 17.1. The topological polar surface area (TPSA) is 76.9 Å². The summed E-state index contributed by atoms with van der Waals surface area (Å²) in [5, 5.41) is 19.3. The van der Waals surface area contributed by atoms with E-state index in [0.717, 1.165) is 28.9 Å². The minimum absolute atomic E-state index is 0.0558. The highest BCUT2D eigenvalue weighted by molar-refractivity contribution is 5.93. The van der Waals surface area contributed by atoms with E-state index in [1.165, 1.54) is 7.11 Å². The summed E-state index contributed by atoms with van der Waals surface area (Å²) in [6.07, 6.45) is 1.67. The van der Waals surface area contributed by atoms with Crippen LogP contribution < -0.4 is 14.4 Å². The van der Waals surface area contributed by atoms with Crippen LogP contribution in [0.3, 0.4) is 0 Å². The Labute approximate surface area is 157 Å². The molecule has 0 aliphatic carbocycles. The van der Waals surface area contributed by atoms with E-state index in [4.69, 9.17) is 14.2 Å². The molecule has 1 fully saturated rings. The molecule has 1 atom stereocenters. The van der Waals surface area contributed by atoms with Gasteiger partial charge in [0.15, 0.2) is 11.5 Å². The Morgan fingerprint density at radius 1 is 1.15 bits per heavy atom. The molecule has 0 bridgehead atoms. The average Bonchev–Trinajstić information content (AvgIpc) is 2.73. The van der Waals surface area contributed by atoms with Gasteiger partial charge in [-0.25, -0.2) is 0 Å². The van der Waals surface area contributed by atoms with Gasteiger partial charge in [-0.1, -0.05) is 12.1 Å². The number of fused-ring (bicyclic) bond motifs is 1. The Bertz CT molecular complexity index is 946. The summed E-state index contributed by atoms with van der Waals surface area (Å²) in [6.45, 7) is 2.02. The van der Waals surface area contributed by atoms with Crippen LogP contribution in [0.4, 0.5) is 5.69 Å². The second-order valence-electron chi connectivity index (χ2n) is 6.35. The van der Waals surface area contributed by atoms with Gasteiger partial charge >= 0.3 is 0 Å². The van der Waals surface area contributed by atoms with Gasteiger partial charge in [0.05, 0.1) is 38.2 Å². The number of nitrogens with zero attached hydrogens (tertiary/aromatic N) is 3. The lowest BCUT2D eigenvalue weighted by Crippen LogP contribution is -2.38. The van der Waals surface area contributed by atoms with Gasteiger partial charge in [-0.3, -0.25) is 0 Å². The van der Waals surface area contributed by atoms with Gasteiger partial charge in [0, 0.05) is 24.5 Å². The second-order valence-corrected chi connectivity index (χ2v) is 6.35. The first kappa shape index (κ1) is 17.4. The number of phenolic OH excluding ortho intramolecular Hbond substituents is 1.